The predicted octanol–water partition coefficient (Wildman–Crippen LogP) is 2.61. The van der Waals surface area contributed by atoms with Crippen LogP contribution in [0.1, 0.15) is 51.0 Å². The van der Waals surface area contributed by atoms with Crippen LogP contribution < -0.4 is 10.9 Å². The molecule has 1 aliphatic carbocycles. The number of benzene rings is 1. The summed E-state index contributed by atoms with van der Waals surface area (Å²) in [6.45, 7) is 1.89. The molecule has 2 N–H and O–H groups in total. The molecule has 0 aliphatic heterocycles. The fourth-order valence-corrected chi connectivity index (χ4v) is 5.28. The summed E-state index contributed by atoms with van der Waals surface area (Å²) >= 11 is 0. The standard InChI is InChI=1S/C21H27N3O4S/c1-2-15-8-9-16(18-10-11-21(26)24-23-18)14-19(15)29(27,28)13-12-20(25)22-17-6-4-3-5-7-17/h8-11,14,17H,2-7,12-13H2,1H3,(H,22,25)(H,24,26). The highest BCUT2D eigenvalue weighted by Crippen LogP contribution is 2.25. The first-order chi connectivity index (χ1) is 13.9. The fourth-order valence-electron chi connectivity index (χ4n) is 3.68. The number of carbonyl (C=O) groups is 1. The first-order valence-corrected chi connectivity index (χ1v) is 11.8. The average molecular weight is 418 g/mol. The van der Waals surface area contributed by atoms with E-state index < -0.39 is 9.84 Å². The monoisotopic (exact) mass is 417 g/mol. The van der Waals surface area contributed by atoms with Crippen molar-refractivity contribution in [2.45, 2.75) is 62.8 Å². The van der Waals surface area contributed by atoms with Crippen molar-refractivity contribution < 1.29 is 13.2 Å². The Kier molecular flexibility index (Phi) is 6.84. The third-order valence-corrected chi connectivity index (χ3v) is 7.12. The summed E-state index contributed by atoms with van der Waals surface area (Å²) < 4.78 is 26.0. The van der Waals surface area contributed by atoms with E-state index >= 15 is 0 Å². The van der Waals surface area contributed by atoms with Crippen LogP contribution in [0.15, 0.2) is 40.0 Å². The van der Waals surface area contributed by atoms with Gasteiger partial charge in [0.05, 0.1) is 16.3 Å². The molecule has 3 rings (SSSR count). The summed E-state index contributed by atoms with van der Waals surface area (Å²) in [4.78, 5) is 23.7. The minimum absolute atomic E-state index is 0.0525. The lowest BCUT2D eigenvalue weighted by molar-refractivity contribution is -0.121. The largest absolute Gasteiger partial charge is 0.353 e. The Hall–Kier alpha value is -2.48. The van der Waals surface area contributed by atoms with E-state index in [-0.39, 0.29) is 34.6 Å². The van der Waals surface area contributed by atoms with Crippen molar-refractivity contribution in [3.8, 4) is 11.3 Å². The maximum Gasteiger partial charge on any atom is 0.264 e. The zero-order valence-electron chi connectivity index (χ0n) is 16.6. The molecule has 0 saturated heterocycles. The average Bonchev–Trinajstić information content (AvgIpc) is 2.73. The van der Waals surface area contributed by atoms with Crippen LogP contribution >= 0.6 is 0 Å². The summed E-state index contributed by atoms with van der Waals surface area (Å²) in [5.74, 6) is -0.446. The second-order valence-corrected chi connectivity index (χ2v) is 9.53. The van der Waals surface area contributed by atoms with Crippen LogP contribution in [0.3, 0.4) is 0 Å². The molecule has 156 valence electrons. The summed E-state index contributed by atoms with van der Waals surface area (Å²) in [5, 5.41) is 9.29. The van der Waals surface area contributed by atoms with E-state index in [1.54, 1.807) is 24.3 Å². The molecule has 2 aromatic rings. The second-order valence-electron chi connectivity index (χ2n) is 7.45. The van der Waals surface area contributed by atoms with E-state index in [1.807, 2.05) is 6.92 Å². The quantitative estimate of drug-likeness (QED) is 0.720. The molecule has 7 nitrogen and oxygen atoms in total. The van der Waals surface area contributed by atoms with Crippen molar-refractivity contribution in [3.05, 3.63) is 46.2 Å². The molecule has 29 heavy (non-hydrogen) atoms. The minimum atomic E-state index is -3.64. The summed E-state index contributed by atoms with van der Waals surface area (Å²) in [6, 6.07) is 8.19. The molecule has 1 aromatic carbocycles. The van der Waals surface area contributed by atoms with Crippen LogP contribution in [0.4, 0.5) is 0 Å². The van der Waals surface area contributed by atoms with Crippen molar-refractivity contribution in [1.29, 1.82) is 0 Å². The lowest BCUT2D eigenvalue weighted by Gasteiger charge is -2.22. The van der Waals surface area contributed by atoms with Gasteiger partial charge in [-0.1, -0.05) is 38.3 Å². The van der Waals surface area contributed by atoms with Crippen LogP contribution in [0, 0.1) is 0 Å². The van der Waals surface area contributed by atoms with Gasteiger partial charge in [-0.15, -0.1) is 0 Å². The molecule has 1 heterocycles. The number of nitrogens with one attached hydrogen (secondary N) is 2. The molecule has 0 spiro atoms. The number of nitrogens with zero attached hydrogens (tertiary/aromatic N) is 1. The Morgan fingerprint density at radius 1 is 1.17 bits per heavy atom. The van der Waals surface area contributed by atoms with E-state index in [1.165, 1.54) is 12.5 Å². The highest BCUT2D eigenvalue weighted by molar-refractivity contribution is 7.91. The molecule has 1 aromatic heterocycles. The van der Waals surface area contributed by atoms with E-state index in [2.05, 4.69) is 15.5 Å². The number of carbonyl (C=O) groups excluding carboxylic acids is 1. The molecule has 0 radical (unpaired) electrons. The minimum Gasteiger partial charge on any atom is -0.353 e. The van der Waals surface area contributed by atoms with E-state index in [9.17, 15) is 18.0 Å². The van der Waals surface area contributed by atoms with Crippen molar-refractivity contribution in [3.63, 3.8) is 0 Å². The Labute approximate surface area is 170 Å². The SMILES string of the molecule is CCc1ccc(-c2ccc(=O)[nH]n2)cc1S(=O)(=O)CCC(=O)NC1CCCCC1. The zero-order valence-corrected chi connectivity index (χ0v) is 17.4. The maximum absolute atomic E-state index is 13.0. The van der Waals surface area contributed by atoms with Crippen LogP contribution in [0.2, 0.25) is 0 Å². The summed E-state index contributed by atoms with van der Waals surface area (Å²) in [7, 11) is -3.64. The number of H-pyrrole nitrogens is 1. The van der Waals surface area contributed by atoms with Gasteiger partial charge in [-0.25, -0.2) is 13.5 Å². The van der Waals surface area contributed by atoms with Crippen LogP contribution in [0.25, 0.3) is 11.3 Å². The molecule has 0 atom stereocenters. The Bertz CT molecular complexity index is 1000. The van der Waals surface area contributed by atoms with Gasteiger partial charge in [0.15, 0.2) is 9.84 Å². The number of sulfone groups is 1. The Morgan fingerprint density at radius 3 is 2.59 bits per heavy atom. The van der Waals surface area contributed by atoms with E-state index in [0.717, 1.165) is 25.7 Å². The number of aromatic amines is 1. The smallest absolute Gasteiger partial charge is 0.264 e. The molecule has 0 unspecified atom stereocenters. The lowest BCUT2D eigenvalue weighted by Crippen LogP contribution is -2.36. The van der Waals surface area contributed by atoms with Crippen molar-refractivity contribution in [1.82, 2.24) is 15.5 Å². The van der Waals surface area contributed by atoms with Gasteiger partial charge in [-0.05, 0) is 37.0 Å². The van der Waals surface area contributed by atoms with Gasteiger partial charge >= 0.3 is 0 Å². The first kappa shape index (κ1) is 21.2. The van der Waals surface area contributed by atoms with Gasteiger partial charge in [0.1, 0.15) is 0 Å². The van der Waals surface area contributed by atoms with Gasteiger partial charge in [0, 0.05) is 24.1 Å². The fraction of sp³-hybridized carbons (Fsp3) is 0.476. The van der Waals surface area contributed by atoms with E-state index in [4.69, 9.17) is 0 Å². The van der Waals surface area contributed by atoms with Crippen LogP contribution in [-0.4, -0.2) is 36.3 Å². The van der Waals surface area contributed by atoms with Crippen LogP contribution in [0.5, 0.6) is 0 Å². The zero-order chi connectivity index (χ0) is 20.9. The number of aryl methyl sites for hydroxylation is 1. The van der Waals surface area contributed by atoms with Crippen LogP contribution in [-0.2, 0) is 21.1 Å². The third-order valence-electron chi connectivity index (χ3n) is 5.33. The van der Waals surface area contributed by atoms with Crippen molar-refractivity contribution in [2.24, 2.45) is 0 Å². The molecule has 1 saturated carbocycles. The van der Waals surface area contributed by atoms with Gasteiger partial charge in [-0.3, -0.25) is 9.59 Å². The summed E-state index contributed by atoms with van der Waals surface area (Å²) in [5.41, 5.74) is 1.46. The topological polar surface area (TPSA) is 109 Å². The molecular weight excluding hydrogens is 390 g/mol. The highest BCUT2D eigenvalue weighted by atomic mass is 32.2. The Balaban J connectivity index is 1.75. The van der Waals surface area contributed by atoms with Crippen molar-refractivity contribution in [2.75, 3.05) is 5.75 Å². The molecule has 0 bridgehead atoms. The number of hydrogen-bond donors (Lipinski definition) is 2. The van der Waals surface area contributed by atoms with Gasteiger partial charge < -0.3 is 5.32 Å². The molecule has 8 heteroatoms. The molecule has 1 aliphatic rings. The normalized spacial score (nSPS) is 15.2. The number of hydrogen-bond acceptors (Lipinski definition) is 5. The van der Waals surface area contributed by atoms with Crippen molar-refractivity contribution >= 4 is 15.7 Å². The van der Waals surface area contributed by atoms with E-state index in [0.29, 0.717) is 23.2 Å². The molecule has 1 amide bonds. The number of aromatic nitrogens is 2. The number of amides is 1. The number of rotatable bonds is 7. The lowest BCUT2D eigenvalue weighted by atomic mass is 9.95. The second kappa shape index (κ2) is 9.35. The summed E-state index contributed by atoms with van der Waals surface area (Å²) in [6.07, 6.45) is 5.84. The third kappa shape index (κ3) is 5.53. The highest BCUT2D eigenvalue weighted by Gasteiger charge is 2.22. The molecule has 1 fully saturated rings. The molecular formula is C21H27N3O4S. The predicted molar refractivity (Wildman–Crippen MR) is 111 cm³/mol. The van der Waals surface area contributed by atoms with Gasteiger partial charge in [-0.2, -0.15) is 5.10 Å². The first-order valence-electron chi connectivity index (χ1n) is 10.1. The van der Waals surface area contributed by atoms with Gasteiger partial charge in [0.2, 0.25) is 5.91 Å². The van der Waals surface area contributed by atoms with Gasteiger partial charge in [0.25, 0.3) is 5.56 Å². The maximum atomic E-state index is 13.0. The Morgan fingerprint density at radius 2 is 1.93 bits per heavy atom.